The molecule has 2 unspecified atom stereocenters. The summed E-state index contributed by atoms with van der Waals surface area (Å²) in [7, 11) is 8.11. The Hall–Kier alpha value is -1.10. The molecular weight excluding hydrogens is 238 g/mol. The van der Waals surface area contributed by atoms with Gasteiger partial charge in [-0.05, 0) is 38.7 Å². The van der Waals surface area contributed by atoms with Gasteiger partial charge in [0.15, 0.2) is 0 Å². The van der Waals surface area contributed by atoms with E-state index in [1.165, 1.54) is 0 Å². The first-order valence-corrected chi connectivity index (χ1v) is 6.75. The van der Waals surface area contributed by atoms with E-state index in [-0.39, 0.29) is 6.04 Å². The van der Waals surface area contributed by atoms with Crippen molar-refractivity contribution in [1.82, 2.24) is 10.2 Å². The molecule has 0 aromatic heterocycles. The lowest BCUT2D eigenvalue weighted by molar-refractivity contribution is 0.135. The lowest BCUT2D eigenvalue weighted by atomic mass is 10.0. The first kappa shape index (κ1) is 16.0. The zero-order chi connectivity index (χ0) is 14.4. The van der Waals surface area contributed by atoms with Crippen molar-refractivity contribution in [2.24, 2.45) is 0 Å². The minimum Gasteiger partial charge on any atom is -0.387 e. The van der Waals surface area contributed by atoms with Crippen LogP contribution in [-0.2, 0) is 0 Å². The largest absolute Gasteiger partial charge is 0.387 e. The molecule has 0 aliphatic carbocycles. The molecule has 0 heterocycles. The fourth-order valence-electron chi connectivity index (χ4n) is 1.89. The van der Waals surface area contributed by atoms with E-state index in [0.717, 1.165) is 24.3 Å². The van der Waals surface area contributed by atoms with E-state index >= 15 is 0 Å². The minimum atomic E-state index is -0.474. The molecule has 1 aromatic rings. The molecule has 2 atom stereocenters. The summed E-state index contributed by atoms with van der Waals surface area (Å²) in [6, 6.07) is 8.09. The summed E-state index contributed by atoms with van der Waals surface area (Å²) in [4.78, 5) is 4.17. The Morgan fingerprint density at radius 3 is 2.16 bits per heavy atom. The second kappa shape index (κ2) is 7.48. The predicted octanol–water partition coefficient (Wildman–Crippen LogP) is 1.33. The summed E-state index contributed by atoms with van der Waals surface area (Å²) in [5, 5.41) is 13.6. The van der Waals surface area contributed by atoms with Gasteiger partial charge in [-0.25, -0.2) is 0 Å². The molecule has 1 aromatic carbocycles. The van der Waals surface area contributed by atoms with Gasteiger partial charge in [0, 0.05) is 38.9 Å². The van der Waals surface area contributed by atoms with Crippen LogP contribution in [0.3, 0.4) is 0 Å². The summed E-state index contributed by atoms with van der Waals surface area (Å²) >= 11 is 0. The lowest BCUT2D eigenvalue weighted by Gasteiger charge is -2.22. The maximum absolute atomic E-state index is 10.3. The van der Waals surface area contributed by atoms with E-state index in [1.54, 1.807) is 0 Å². The van der Waals surface area contributed by atoms with Gasteiger partial charge in [0.05, 0.1) is 6.10 Å². The number of hydrogen-bond acceptors (Lipinski definition) is 4. The maximum Gasteiger partial charge on any atom is 0.0940 e. The van der Waals surface area contributed by atoms with Gasteiger partial charge < -0.3 is 20.2 Å². The minimum absolute atomic E-state index is 0.0464. The molecule has 2 N–H and O–H groups in total. The topological polar surface area (TPSA) is 38.7 Å². The Morgan fingerprint density at radius 1 is 1.11 bits per heavy atom. The van der Waals surface area contributed by atoms with E-state index in [1.807, 2.05) is 59.4 Å². The highest BCUT2D eigenvalue weighted by Crippen LogP contribution is 2.20. The van der Waals surface area contributed by atoms with Crippen LogP contribution in [0, 0.1) is 0 Å². The summed E-state index contributed by atoms with van der Waals surface area (Å²) < 4.78 is 0. The van der Waals surface area contributed by atoms with Crippen molar-refractivity contribution in [3.63, 3.8) is 0 Å². The van der Waals surface area contributed by atoms with Crippen molar-refractivity contribution in [3.8, 4) is 0 Å². The van der Waals surface area contributed by atoms with E-state index < -0.39 is 6.10 Å². The first-order valence-electron chi connectivity index (χ1n) is 6.75. The Bertz CT molecular complexity index is 362. The number of nitrogens with one attached hydrogen (secondary N) is 1. The number of hydrogen-bond donors (Lipinski definition) is 2. The third-order valence-corrected chi connectivity index (χ3v) is 3.25. The van der Waals surface area contributed by atoms with Crippen LogP contribution in [-0.4, -0.2) is 57.3 Å². The van der Waals surface area contributed by atoms with Gasteiger partial charge >= 0.3 is 0 Å². The molecule has 108 valence electrons. The van der Waals surface area contributed by atoms with Gasteiger partial charge in [0.2, 0.25) is 0 Å². The molecule has 1 rings (SSSR count). The summed E-state index contributed by atoms with van der Waals surface area (Å²) in [6.45, 7) is 3.86. The van der Waals surface area contributed by atoms with Crippen molar-refractivity contribution >= 4 is 5.69 Å². The van der Waals surface area contributed by atoms with Gasteiger partial charge in [0.25, 0.3) is 0 Å². The number of nitrogens with zero attached hydrogens (tertiary/aromatic N) is 2. The van der Waals surface area contributed by atoms with Crippen molar-refractivity contribution in [3.05, 3.63) is 29.8 Å². The molecule has 19 heavy (non-hydrogen) atoms. The number of rotatable bonds is 7. The monoisotopic (exact) mass is 265 g/mol. The highest BCUT2D eigenvalue weighted by Gasteiger charge is 2.15. The quantitative estimate of drug-likeness (QED) is 0.780. The van der Waals surface area contributed by atoms with Crippen LogP contribution >= 0.6 is 0 Å². The average molecular weight is 265 g/mol. The van der Waals surface area contributed by atoms with Crippen LogP contribution < -0.4 is 10.2 Å². The molecule has 0 amide bonds. The smallest absolute Gasteiger partial charge is 0.0940 e. The van der Waals surface area contributed by atoms with Crippen molar-refractivity contribution in [1.29, 1.82) is 0 Å². The molecule has 0 spiro atoms. The highest BCUT2D eigenvalue weighted by molar-refractivity contribution is 5.46. The van der Waals surface area contributed by atoms with Crippen molar-refractivity contribution in [2.75, 3.05) is 46.2 Å². The van der Waals surface area contributed by atoms with E-state index in [0.29, 0.717) is 0 Å². The molecule has 0 aliphatic rings. The van der Waals surface area contributed by atoms with Crippen LogP contribution in [0.1, 0.15) is 18.6 Å². The van der Waals surface area contributed by atoms with E-state index in [2.05, 4.69) is 15.1 Å². The zero-order valence-corrected chi connectivity index (χ0v) is 12.7. The summed E-state index contributed by atoms with van der Waals surface area (Å²) in [5.41, 5.74) is 2.10. The van der Waals surface area contributed by atoms with Gasteiger partial charge in [-0.15, -0.1) is 0 Å². The van der Waals surface area contributed by atoms with E-state index in [9.17, 15) is 5.11 Å². The molecule has 4 heteroatoms. The normalized spacial score (nSPS) is 14.5. The summed E-state index contributed by atoms with van der Waals surface area (Å²) in [6.07, 6.45) is -0.474. The van der Waals surface area contributed by atoms with Crippen LogP contribution in [0.5, 0.6) is 0 Å². The van der Waals surface area contributed by atoms with Crippen LogP contribution in [0.4, 0.5) is 5.69 Å². The molecule has 0 radical (unpaired) electrons. The molecule has 0 bridgehead atoms. The van der Waals surface area contributed by atoms with Crippen molar-refractivity contribution in [2.45, 2.75) is 19.1 Å². The van der Waals surface area contributed by atoms with Gasteiger partial charge in [-0.3, -0.25) is 0 Å². The molecule has 0 saturated carbocycles. The maximum atomic E-state index is 10.3. The molecule has 0 saturated heterocycles. The Labute approximate surface area is 117 Å². The second-order valence-electron chi connectivity index (χ2n) is 5.48. The van der Waals surface area contributed by atoms with E-state index in [4.69, 9.17) is 0 Å². The Kier molecular flexibility index (Phi) is 6.28. The fourth-order valence-corrected chi connectivity index (χ4v) is 1.89. The van der Waals surface area contributed by atoms with Gasteiger partial charge in [-0.2, -0.15) is 0 Å². The number of likely N-dealkylation sites (N-methyl/N-ethyl adjacent to an activating group) is 1. The third kappa shape index (κ3) is 5.19. The molecule has 0 fully saturated rings. The van der Waals surface area contributed by atoms with Gasteiger partial charge in [-0.1, -0.05) is 12.1 Å². The SMILES string of the molecule is CC(NCCN(C)C)C(O)c1ccc(N(C)C)cc1. The predicted molar refractivity (Wildman–Crippen MR) is 81.7 cm³/mol. The number of benzene rings is 1. The fraction of sp³-hybridized carbons (Fsp3) is 0.600. The molecule has 4 nitrogen and oxygen atoms in total. The average Bonchev–Trinajstić information content (AvgIpc) is 2.37. The van der Waals surface area contributed by atoms with Crippen LogP contribution in [0.15, 0.2) is 24.3 Å². The lowest BCUT2D eigenvalue weighted by Crippen LogP contribution is -2.36. The molecular formula is C15H27N3O. The number of aliphatic hydroxyl groups excluding tert-OH is 1. The highest BCUT2D eigenvalue weighted by atomic mass is 16.3. The zero-order valence-electron chi connectivity index (χ0n) is 12.7. The van der Waals surface area contributed by atoms with Crippen LogP contribution in [0.2, 0.25) is 0 Å². The van der Waals surface area contributed by atoms with Crippen molar-refractivity contribution < 1.29 is 5.11 Å². The van der Waals surface area contributed by atoms with Crippen LogP contribution in [0.25, 0.3) is 0 Å². The Morgan fingerprint density at radius 2 is 1.68 bits per heavy atom. The Balaban J connectivity index is 2.53. The third-order valence-electron chi connectivity index (χ3n) is 3.25. The number of aliphatic hydroxyl groups is 1. The molecule has 0 aliphatic heterocycles. The number of anilines is 1. The first-order chi connectivity index (χ1) is 8.91. The summed E-state index contributed by atoms with van der Waals surface area (Å²) in [5.74, 6) is 0. The second-order valence-corrected chi connectivity index (χ2v) is 5.48. The standard InChI is InChI=1S/C15H27N3O/c1-12(16-10-11-17(2)3)15(19)13-6-8-14(9-7-13)18(4)5/h6-9,12,15-16,19H,10-11H2,1-5H3. The van der Waals surface area contributed by atoms with Gasteiger partial charge in [0.1, 0.15) is 0 Å².